The molecule has 0 aliphatic carbocycles. The van der Waals surface area contributed by atoms with E-state index >= 15 is 0 Å². The number of nitrogens with zero attached hydrogens (tertiary/aromatic N) is 1. The van der Waals surface area contributed by atoms with Gasteiger partial charge in [-0.1, -0.05) is 6.07 Å². The molecule has 62 valence electrons. The Kier molecular flexibility index (Phi) is 3.30. The highest BCUT2D eigenvalue weighted by Crippen LogP contribution is 2.07. The van der Waals surface area contributed by atoms with Crippen molar-refractivity contribution in [1.29, 1.82) is 5.26 Å². The van der Waals surface area contributed by atoms with Crippen molar-refractivity contribution in [2.24, 2.45) is 0 Å². The van der Waals surface area contributed by atoms with E-state index in [0.717, 1.165) is 0 Å². The van der Waals surface area contributed by atoms with Crippen LogP contribution < -0.4 is 5.32 Å². The van der Waals surface area contributed by atoms with Crippen molar-refractivity contribution >= 4 is 17.2 Å². The Bertz CT molecular complexity index is 287. The van der Waals surface area contributed by atoms with Gasteiger partial charge in [-0.05, 0) is 11.4 Å². The van der Waals surface area contributed by atoms with Gasteiger partial charge in [-0.15, -0.1) is 11.3 Å². The maximum atomic E-state index is 11.2. The Morgan fingerprint density at radius 2 is 2.58 bits per heavy atom. The third-order valence-corrected chi connectivity index (χ3v) is 2.14. The van der Waals surface area contributed by atoms with Gasteiger partial charge in [0, 0.05) is 6.54 Å². The molecule has 0 aromatic carbocycles. The summed E-state index contributed by atoms with van der Waals surface area (Å²) in [6, 6.07) is 5.54. The quantitative estimate of drug-likeness (QED) is 0.715. The highest BCUT2D eigenvalue weighted by molar-refractivity contribution is 7.12. The van der Waals surface area contributed by atoms with Gasteiger partial charge in [0.15, 0.2) is 0 Å². The largest absolute Gasteiger partial charge is 0.350 e. The number of carbonyl (C=O) groups is 1. The minimum Gasteiger partial charge on any atom is -0.350 e. The molecule has 0 unspecified atom stereocenters. The van der Waals surface area contributed by atoms with Gasteiger partial charge in [0.25, 0.3) is 5.91 Å². The second kappa shape index (κ2) is 4.52. The zero-order chi connectivity index (χ0) is 8.81. The van der Waals surface area contributed by atoms with Gasteiger partial charge < -0.3 is 5.32 Å². The third-order valence-electron chi connectivity index (χ3n) is 1.27. The normalized spacial score (nSPS) is 8.92. The number of hydrogen-bond acceptors (Lipinski definition) is 3. The van der Waals surface area contributed by atoms with Crippen molar-refractivity contribution in [3.05, 3.63) is 22.4 Å². The van der Waals surface area contributed by atoms with Gasteiger partial charge in [-0.25, -0.2) is 0 Å². The summed E-state index contributed by atoms with van der Waals surface area (Å²) in [5.74, 6) is -0.0970. The van der Waals surface area contributed by atoms with Crippen LogP contribution in [0.2, 0.25) is 0 Å². The van der Waals surface area contributed by atoms with Crippen LogP contribution in [0.3, 0.4) is 0 Å². The van der Waals surface area contributed by atoms with Crippen molar-refractivity contribution in [2.75, 3.05) is 6.54 Å². The Hall–Kier alpha value is -1.34. The standard InChI is InChI=1S/C8H8N2OS/c9-4-2-5-10-8(11)7-3-1-6-12-7/h1,3,6H,2,5H2,(H,10,11). The van der Waals surface area contributed by atoms with Crippen LogP contribution in [0, 0.1) is 11.3 Å². The van der Waals surface area contributed by atoms with Crippen LogP contribution in [0.1, 0.15) is 16.1 Å². The number of rotatable bonds is 3. The van der Waals surface area contributed by atoms with Crippen LogP contribution in [-0.2, 0) is 0 Å². The molecule has 0 aliphatic heterocycles. The molecular formula is C8H8N2OS. The lowest BCUT2D eigenvalue weighted by Crippen LogP contribution is -2.23. The number of hydrogen-bond donors (Lipinski definition) is 1. The van der Waals surface area contributed by atoms with E-state index in [9.17, 15) is 4.79 Å². The zero-order valence-corrected chi connectivity index (χ0v) is 7.23. The Labute approximate surface area is 74.6 Å². The molecule has 0 atom stereocenters. The number of carbonyl (C=O) groups excluding carboxylic acids is 1. The van der Waals surface area contributed by atoms with Crippen molar-refractivity contribution in [3.63, 3.8) is 0 Å². The summed E-state index contributed by atoms with van der Waals surface area (Å²) in [4.78, 5) is 11.9. The summed E-state index contributed by atoms with van der Waals surface area (Å²) in [5, 5.41) is 12.7. The number of amides is 1. The lowest BCUT2D eigenvalue weighted by molar-refractivity contribution is 0.0958. The molecule has 0 saturated carbocycles. The minimum absolute atomic E-state index is 0.0970. The Morgan fingerprint density at radius 3 is 3.17 bits per heavy atom. The van der Waals surface area contributed by atoms with Crippen molar-refractivity contribution in [2.45, 2.75) is 6.42 Å². The van der Waals surface area contributed by atoms with Crippen molar-refractivity contribution < 1.29 is 4.79 Å². The molecular weight excluding hydrogens is 172 g/mol. The highest BCUT2D eigenvalue weighted by atomic mass is 32.1. The van der Waals surface area contributed by atoms with E-state index in [1.807, 2.05) is 17.5 Å². The maximum Gasteiger partial charge on any atom is 0.261 e. The first-order valence-electron chi connectivity index (χ1n) is 3.53. The van der Waals surface area contributed by atoms with Crippen molar-refractivity contribution in [3.8, 4) is 6.07 Å². The molecule has 0 aliphatic rings. The minimum atomic E-state index is -0.0970. The van der Waals surface area contributed by atoms with E-state index in [0.29, 0.717) is 17.8 Å². The van der Waals surface area contributed by atoms with E-state index in [1.54, 1.807) is 6.07 Å². The van der Waals surface area contributed by atoms with E-state index in [-0.39, 0.29) is 5.91 Å². The molecule has 3 nitrogen and oxygen atoms in total. The SMILES string of the molecule is N#CCCNC(=O)c1cccs1. The highest BCUT2D eigenvalue weighted by Gasteiger charge is 2.03. The summed E-state index contributed by atoms with van der Waals surface area (Å²) in [6.07, 6.45) is 0.358. The summed E-state index contributed by atoms with van der Waals surface area (Å²) < 4.78 is 0. The van der Waals surface area contributed by atoms with Crippen LogP contribution in [0.5, 0.6) is 0 Å². The topological polar surface area (TPSA) is 52.9 Å². The number of thiophene rings is 1. The van der Waals surface area contributed by atoms with Gasteiger partial charge in [0.2, 0.25) is 0 Å². The smallest absolute Gasteiger partial charge is 0.261 e. The predicted molar refractivity (Wildman–Crippen MR) is 46.9 cm³/mol. The predicted octanol–water partition coefficient (Wildman–Crippen LogP) is 1.39. The van der Waals surface area contributed by atoms with Crippen LogP contribution in [0.15, 0.2) is 17.5 Å². The summed E-state index contributed by atoms with van der Waals surface area (Å²) in [7, 11) is 0. The fourth-order valence-electron chi connectivity index (χ4n) is 0.727. The molecule has 1 amide bonds. The molecule has 0 fully saturated rings. The lowest BCUT2D eigenvalue weighted by Gasteiger charge is -1.97. The van der Waals surface area contributed by atoms with Gasteiger partial charge in [0.1, 0.15) is 0 Å². The monoisotopic (exact) mass is 180 g/mol. The number of nitriles is 1. The van der Waals surface area contributed by atoms with E-state index < -0.39 is 0 Å². The molecule has 1 rings (SSSR count). The van der Waals surface area contributed by atoms with E-state index in [2.05, 4.69) is 5.32 Å². The van der Waals surface area contributed by atoms with Crippen LogP contribution in [-0.4, -0.2) is 12.5 Å². The summed E-state index contributed by atoms with van der Waals surface area (Å²) in [5.41, 5.74) is 0. The summed E-state index contributed by atoms with van der Waals surface area (Å²) in [6.45, 7) is 0.424. The molecule has 0 bridgehead atoms. The van der Waals surface area contributed by atoms with Gasteiger partial charge in [-0.3, -0.25) is 4.79 Å². The molecule has 1 aromatic rings. The first-order valence-corrected chi connectivity index (χ1v) is 4.41. The average Bonchev–Trinajstić information content (AvgIpc) is 2.56. The fraction of sp³-hybridized carbons (Fsp3) is 0.250. The second-order valence-corrected chi connectivity index (χ2v) is 3.09. The Morgan fingerprint density at radius 1 is 1.75 bits per heavy atom. The molecule has 12 heavy (non-hydrogen) atoms. The second-order valence-electron chi connectivity index (χ2n) is 2.14. The molecule has 4 heteroatoms. The van der Waals surface area contributed by atoms with Gasteiger partial charge in [0.05, 0.1) is 17.4 Å². The van der Waals surface area contributed by atoms with Crippen molar-refractivity contribution in [1.82, 2.24) is 5.32 Å². The molecule has 0 radical (unpaired) electrons. The fourth-order valence-corrected chi connectivity index (χ4v) is 1.37. The van der Waals surface area contributed by atoms with Crippen LogP contribution in [0.4, 0.5) is 0 Å². The molecule has 1 heterocycles. The molecule has 0 saturated heterocycles. The van der Waals surface area contributed by atoms with Gasteiger partial charge in [-0.2, -0.15) is 5.26 Å². The zero-order valence-electron chi connectivity index (χ0n) is 6.41. The third kappa shape index (κ3) is 2.36. The number of nitrogens with one attached hydrogen (secondary N) is 1. The maximum absolute atomic E-state index is 11.2. The van der Waals surface area contributed by atoms with Crippen LogP contribution in [0.25, 0.3) is 0 Å². The molecule has 1 aromatic heterocycles. The first kappa shape index (κ1) is 8.75. The molecule has 0 spiro atoms. The first-order chi connectivity index (χ1) is 5.84. The van der Waals surface area contributed by atoms with Gasteiger partial charge >= 0.3 is 0 Å². The average molecular weight is 180 g/mol. The van der Waals surface area contributed by atoms with E-state index in [1.165, 1.54) is 11.3 Å². The van der Waals surface area contributed by atoms with E-state index in [4.69, 9.17) is 5.26 Å². The summed E-state index contributed by atoms with van der Waals surface area (Å²) >= 11 is 1.39. The molecule has 1 N–H and O–H groups in total. The Balaban J connectivity index is 2.36. The van der Waals surface area contributed by atoms with Crippen LogP contribution >= 0.6 is 11.3 Å². The lowest BCUT2D eigenvalue weighted by atomic mass is 10.4.